The summed E-state index contributed by atoms with van der Waals surface area (Å²) in [6.45, 7) is 0. The highest BCUT2D eigenvalue weighted by molar-refractivity contribution is 6.08. The average Bonchev–Trinajstić information content (AvgIpc) is 2.94. The van der Waals surface area contributed by atoms with Crippen LogP contribution < -0.4 is 0 Å². The van der Waals surface area contributed by atoms with Gasteiger partial charge >= 0.3 is 11.9 Å². The first-order chi connectivity index (χ1) is 17.7. The van der Waals surface area contributed by atoms with Gasteiger partial charge in [-0.1, -0.05) is 78.9 Å². The molecule has 6 rings (SSSR count). The number of benzene rings is 5. The van der Waals surface area contributed by atoms with Crippen molar-refractivity contribution in [2.45, 2.75) is 25.0 Å². The van der Waals surface area contributed by atoms with Gasteiger partial charge in [0.15, 0.2) is 6.10 Å². The molecule has 0 aliphatic heterocycles. The number of aryl methyl sites for hydroxylation is 1. The molecule has 1 aliphatic rings. The van der Waals surface area contributed by atoms with Crippen LogP contribution in [0.25, 0.3) is 21.5 Å². The molecule has 0 spiro atoms. The second-order valence-corrected chi connectivity index (χ2v) is 9.10. The van der Waals surface area contributed by atoms with E-state index >= 15 is 0 Å². The van der Waals surface area contributed by atoms with Gasteiger partial charge in [-0.2, -0.15) is 0 Å². The van der Waals surface area contributed by atoms with Crippen molar-refractivity contribution < 1.29 is 19.1 Å². The zero-order valence-electron chi connectivity index (χ0n) is 19.6. The van der Waals surface area contributed by atoms with E-state index in [9.17, 15) is 9.59 Å². The molecule has 4 nitrogen and oxygen atoms in total. The van der Waals surface area contributed by atoms with Crippen molar-refractivity contribution in [3.63, 3.8) is 0 Å². The van der Waals surface area contributed by atoms with Gasteiger partial charge in [0.25, 0.3) is 0 Å². The number of carbonyl (C=O) groups excluding carboxylic acids is 2. The van der Waals surface area contributed by atoms with E-state index in [1.807, 2.05) is 24.3 Å². The van der Waals surface area contributed by atoms with Gasteiger partial charge in [-0.05, 0) is 70.3 Å². The van der Waals surface area contributed by atoms with E-state index in [-0.39, 0.29) is 0 Å². The molecular formula is C32H24O4. The van der Waals surface area contributed by atoms with Crippen LogP contribution in [0.4, 0.5) is 0 Å². The summed E-state index contributed by atoms with van der Waals surface area (Å²) in [6, 6.07) is 34.6. The quantitative estimate of drug-likeness (QED) is 0.207. The first kappa shape index (κ1) is 22.1. The molecule has 5 aromatic carbocycles. The van der Waals surface area contributed by atoms with Crippen LogP contribution >= 0.6 is 0 Å². The van der Waals surface area contributed by atoms with Crippen LogP contribution in [0.5, 0.6) is 0 Å². The van der Waals surface area contributed by atoms with Crippen LogP contribution in [-0.4, -0.2) is 18.0 Å². The topological polar surface area (TPSA) is 52.6 Å². The maximum Gasteiger partial charge on any atom is 0.338 e. The molecule has 0 radical (unpaired) electrons. The van der Waals surface area contributed by atoms with Crippen molar-refractivity contribution in [1.29, 1.82) is 0 Å². The molecule has 0 heterocycles. The van der Waals surface area contributed by atoms with Crippen molar-refractivity contribution in [1.82, 2.24) is 0 Å². The fraction of sp³-hybridized carbons (Fsp3) is 0.125. The summed E-state index contributed by atoms with van der Waals surface area (Å²) in [6.07, 6.45) is -0.00970. The maximum absolute atomic E-state index is 13.1. The molecule has 176 valence electrons. The van der Waals surface area contributed by atoms with E-state index in [2.05, 4.69) is 36.4 Å². The fourth-order valence-electron chi connectivity index (χ4n) is 5.05. The third-order valence-corrected chi connectivity index (χ3v) is 6.86. The van der Waals surface area contributed by atoms with Gasteiger partial charge in [0.1, 0.15) is 6.10 Å². The number of rotatable bonds is 4. The minimum absolute atomic E-state index is 0.420. The van der Waals surface area contributed by atoms with E-state index in [0.717, 1.165) is 39.1 Å². The van der Waals surface area contributed by atoms with Crippen molar-refractivity contribution >= 4 is 33.5 Å². The summed E-state index contributed by atoms with van der Waals surface area (Å²) in [5, 5.41) is 4.50. The number of hydrogen-bond acceptors (Lipinski definition) is 4. The molecule has 0 saturated heterocycles. The molecule has 0 N–H and O–H groups in total. The zero-order valence-corrected chi connectivity index (χ0v) is 19.6. The van der Waals surface area contributed by atoms with Gasteiger partial charge in [0.2, 0.25) is 0 Å². The molecule has 36 heavy (non-hydrogen) atoms. The lowest BCUT2D eigenvalue weighted by atomic mass is 9.84. The number of esters is 2. The van der Waals surface area contributed by atoms with Crippen molar-refractivity contribution in [2.24, 2.45) is 0 Å². The van der Waals surface area contributed by atoms with E-state index in [1.54, 1.807) is 48.5 Å². The molecule has 2 unspecified atom stereocenters. The molecule has 4 heteroatoms. The maximum atomic E-state index is 13.1. The summed E-state index contributed by atoms with van der Waals surface area (Å²) >= 11 is 0. The van der Waals surface area contributed by atoms with Crippen LogP contribution in [0.2, 0.25) is 0 Å². The fourth-order valence-corrected chi connectivity index (χ4v) is 5.05. The first-order valence-electron chi connectivity index (χ1n) is 12.1. The highest BCUT2D eigenvalue weighted by Crippen LogP contribution is 2.39. The van der Waals surface area contributed by atoms with Gasteiger partial charge in [0.05, 0.1) is 11.1 Å². The molecule has 0 saturated carbocycles. The molecule has 0 bridgehead atoms. The SMILES string of the molecule is O=C(OC1CCc2cc3ccc4ccccc4c3cc2C1OC(=O)c1ccccc1)c1ccccc1. The Morgan fingerprint density at radius 1 is 0.611 bits per heavy atom. The molecule has 0 aromatic heterocycles. The first-order valence-corrected chi connectivity index (χ1v) is 12.1. The Hall–Kier alpha value is -4.44. The van der Waals surface area contributed by atoms with Gasteiger partial charge < -0.3 is 9.47 Å². The van der Waals surface area contributed by atoms with Gasteiger partial charge in [-0.25, -0.2) is 9.59 Å². The second-order valence-electron chi connectivity index (χ2n) is 9.10. The zero-order chi connectivity index (χ0) is 24.5. The van der Waals surface area contributed by atoms with Crippen molar-refractivity contribution in [3.8, 4) is 0 Å². The van der Waals surface area contributed by atoms with Gasteiger partial charge in [0, 0.05) is 5.56 Å². The Morgan fingerprint density at radius 3 is 1.94 bits per heavy atom. The highest BCUT2D eigenvalue weighted by atomic mass is 16.6. The molecule has 5 aromatic rings. The number of hydrogen-bond donors (Lipinski definition) is 0. The predicted molar refractivity (Wildman–Crippen MR) is 140 cm³/mol. The van der Waals surface area contributed by atoms with Crippen molar-refractivity contribution in [2.75, 3.05) is 0 Å². The standard InChI is InChI=1S/C32H24O4/c33-31(22-10-3-1-4-11-22)35-29-18-17-25-19-24-16-15-21-9-7-8-14-26(21)27(24)20-28(25)30(29)36-32(34)23-12-5-2-6-13-23/h1-16,19-20,29-30H,17-18H2. The average molecular weight is 473 g/mol. The van der Waals surface area contributed by atoms with Gasteiger partial charge in [-0.15, -0.1) is 0 Å². The van der Waals surface area contributed by atoms with Crippen LogP contribution in [-0.2, 0) is 15.9 Å². The van der Waals surface area contributed by atoms with E-state index in [4.69, 9.17) is 9.47 Å². The van der Waals surface area contributed by atoms with E-state index in [0.29, 0.717) is 17.5 Å². The number of ether oxygens (including phenoxy) is 2. The Morgan fingerprint density at radius 2 is 1.22 bits per heavy atom. The smallest absolute Gasteiger partial charge is 0.338 e. The van der Waals surface area contributed by atoms with Crippen molar-refractivity contribution in [3.05, 3.63) is 131 Å². The lowest BCUT2D eigenvalue weighted by molar-refractivity contribution is -0.0436. The second kappa shape index (κ2) is 9.31. The Balaban J connectivity index is 1.43. The molecule has 1 aliphatic carbocycles. The monoisotopic (exact) mass is 472 g/mol. The van der Waals surface area contributed by atoms with E-state index < -0.39 is 24.1 Å². The summed E-state index contributed by atoms with van der Waals surface area (Å²) in [5.74, 6) is -0.858. The summed E-state index contributed by atoms with van der Waals surface area (Å²) < 4.78 is 12.1. The minimum atomic E-state index is -0.711. The summed E-state index contributed by atoms with van der Waals surface area (Å²) in [5.41, 5.74) is 2.93. The summed E-state index contributed by atoms with van der Waals surface area (Å²) in [7, 11) is 0. The predicted octanol–water partition coefficient (Wildman–Crippen LogP) is 7.06. The normalized spacial score (nSPS) is 16.9. The third kappa shape index (κ3) is 4.11. The van der Waals surface area contributed by atoms with Crippen LogP contribution in [0.3, 0.4) is 0 Å². The van der Waals surface area contributed by atoms with Crippen LogP contribution in [0.15, 0.2) is 109 Å². The minimum Gasteiger partial charge on any atom is -0.454 e. The Kier molecular flexibility index (Phi) is 5.70. The molecule has 2 atom stereocenters. The molecular weight excluding hydrogens is 448 g/mol. The molecule has 0 fully saturated rings. The third-order valence-electron chi connectivity index (χ3n) is 6.86. The Labute approximate surface area is 209 Å². The Bertz CT molecular complexity index is 1570. The van der Waals surface area contributed by atoms with Crippen LogP contribution in [0, 0.1) is 0 Å². The number of carbonyl (C=O) groups is 2. The lowest BCUT2D eigenvalue weighted by Gasteiger charge is -2.33. The highest BCUT2D eigenvalue weighted by Gasteiger charge is 2.36. The largest absolute Gasteiger partial charge is 0.454 e. The molecule has 0 amide bonds. The number of fused-ring (bicyclic) bond motifs is 4. The summed E-state index contributed by atoms with van der Waals surface area (Å²) in [4.78, 5) is 26.1. The van der Waals surface area contributed by atoms with E-state index in [1.165, 1.54) is 0 Å². The van der Waals surface area contributed by atoms with Gasteiger partial charge in [-0.3, -0.25) is 0 Å². The van der Waals surface area contributed by atoms with Crippen LogP contribution in [0.1, 0.15) is 44.4 Å². The lowest BCUT2D eigenvalue weighted by Crippen LogP contribution is -2.33.